The quantitative estimate of drug-likeness (QED) is 0.438. The van der Waals surface area contributed by atoms with Gasteiger partial charge < -0.3 is 10.2 Å². The normalized spacial score (nSPS) is 10.6. The van der Waals surface area contributed by atoms with Crippen molar-refractivity contribution in [2.45, 2.75) is 19.4 Å². The van der Waals surface area contributed by atoms with E-state index in [0.717, 1.165) is 0 Å². The second-order valence-electron chi connectivity index (χ2n) is 2.25. The van der Waals surface area contributed by atoms with Crippen LogP contribution in [0.15, 0.2) is 11.3 Å². The fourth-order valence-corrected chi connectivity index (χ4v) is 0.761. The Kier molecular flexibility index (Phi) is 2.89. The molecule has 2 N–H and O–H groups in total. The van der Waals surface area contributed by atoms with Crippen molar-refractivity contribution in [2.24, 2.45) is 4.99 Å². The van der Waals surface area contributed by atoms with Crippen molar-refractivity contribution in [3.8, 4) is 0 Å². The zero-order valence-electron chi connectivity index (χ0n) is 6.46. The molecule has 0 aliphatic carbocycles. The van der Waals surface area contributed by atoms with Crippen LogP contribution in [0.3, 0.4) is 0 Å². The highest BCUT2D eigenvalue weighted by molar-refractivity contribution is 5.23. The van der Waals surface area contributed by atoms with Crippen LogP contribution >= 0.6 is 0 Å². The van der Waals surface area contributed by atoms with Gasteiger partial charge >= 0.3 is 0 Å². The molecule has 0 amide bonds. The van der Waals surface area contributed by atoms with E-state index in [9.17, 15) is 0 Å². The summed E-state index contributed by atoms with van der Waals surface area (Å²) in [5.74, 6) is 0.519. The van der Waals surface area contributed by atoms with Crippen LogP contribution in [0.2, 0.25) is 0 Å². The average molecular weight is 170 g/mol. The maximum absolute atomic E-state index is 8.58. The van der Waals surface area contributed by atoms with Crippen molar-refractivity contribution in [3.05, 3.63) is 12.2 Å². The molecular formula is C6H10N4O2. The first-order valence-electron chi connectivity index (χ1n) is 3.39. The highest BCUT2D eigenvalue weighted by Gasteiger charge is 2.02. The Morgan fingerprint density at radius 2 is 2.42 bits per heavy atom. The first-order chi connectivity index (χ1) is 5.72. The van der Waals surface area contributed by atoms with Crippen LogP contribution in [0.1, 0.15) is 5.82 Å². The molecule has 0 aliphatic rings. The first kappa shape index (κ1) is 8.82. The molecule has 0 spiro atoms. The molecule has 1 rings (SSSR count). The molecule has 6 nitrogen and oxygen atoms in total. The van der Waals surface area contributed by atoms with Gasteiger partial charge in [0.1, 0.15) is 6.33 Å². The van der Waals surface area contributed by atoms with Gasteiger partial charge in [-0.15, -0.1) is 0 Å². The summed E-state index contributed by atoms with van der Waals surface area (Å²) in [4.78, 5) is 7.44. The lowest BCUT2D eigenvalue weighted by Gasteiger charge is -2.00. The third-order valence-corrected chi connectivity index (χ3v) is 1.19. The van der Waals surface area contributed by atoms with Gasteiger partial charge in [0.25, 0.3) is 0 Å². The van der Waals surface area contributed by atoms with Gasteiger partial charge in [-0.1, -0.05) is 0 Å². The Morgan fingerprint density at radius 3 is 3.00 bits per heavy atom. The third kappa shape index (κ3) is 2.40. The van der Waals surface area contributed by atoms with Gasteiger partial charge in [0.15, 0.2) is 12.1 Å². The van der Waals surface area contributed by atoms with Gasteiger partial charge in [-0.25, -0.2) is 9.67 Å². The lowest BCUT2D eigenvalue weighted by Crippen LogP contribution is -2.15. The lowest BCUT2D eigenvalue weighted by atomic mass is 10.6. The van der Waals surface area contributed by atoms with Gasteiger partial charge in [-0.3, -0.25) is 4.99 Å². The summed E-state index contributed by atoms with van der Waals surface area (Å²) in [5.41, 5.74) is 0. The number of rotatable bonds is 4. The van der Waals surface area contributed by atoms with Gasteiger partial charge in [0, 0.05) is 0 Å². The highest BCUT2D eigenvalue weighted by Crippen LogP contribution is 1.92. The minimum absolute atomic E-state index is 0.0180. The molecule has 0 saturated heterocycles. The van der Waals surface area contributed by atoms with Crippen LogP contribution in [0, 0.1) is 0 Å². The number of hydrogen-bond donors (Lipinski definition) is 2. The zero-order chi connectivity index (χ0) is 8.97. The smallest absolute Gasteiger partial charge is 0.171 e. The monoisotopic (exact) mass is 170 g/mol. The van der Waals surface area contributed by atoms with E-state index in [1.54, 1.807) is 0 Å². The molecule has 66 valence electrons. The van der Waals surface area contributed by atoms with Crippen molar-refractivity contribution >= 4 is 6.72 Å². The molecule has 0 fully saturated rings. The molecule has 1 heterocycles. The van der Waals surface area contributed by atoms with E-state index >= 15 is 0 Å². The van der Waals surface area contributed by atoms with E-state index < -0.39 is 6.29 Å². The molecule has 0 aromatic carbocycles. The predicted octanol–water partition coefficient (Wildman–Crippen LogP) is -1.21. The standard InChI is InChI=1S/C6H10N4O2/c1-7-2-5-8-4-10(9-5)3-6(11)12/h4,6,11-12H,1-3H2. The summed E-state index contributed by atoms with van der Waals surface area (Å²) in [6, 6.07) is 0. The summed E-state index contributed by atoms with van der Waals surface area (Å²) >= 11 is 0. The molecule has 0 bridgehead atoms. The molecule has 6 heteroatoms. The molecule has 0 saturated carbocycles. The summed E-state index contributed by atoms with van der Waals surface area (Å²) in [7, 11) is 0. The van der Waals surface area contributed by atoms with Crippen LogP contribution in [0.5, 0.6) is 0 Å². The minimum atomic E-state index is -1.41. The average Bonchev–Trinajstić information content (AvgIpc) is 2.36. The van der Waals surface area contributed by atoms with Crippen LogP contribution in [-0.2, 0) is 13.1 Å². The van der Waals surface area contributed by atoms with Gasteiger partial charge in [-0.05, 0) is 6.72 Å². The van der Waals surface area contributed by atoms with Crippen molar-refractivity contribution in [2.75, 3.05) is 0 Å². The first-order valence-corrected chi connectivity index (χ1v) is 3.39. The molecule has 0 atom stereocenters. The Morgan fingerprint density at radius 1 is 1.67 bits per heavy atom. The van der Waals surface area contributed by atoms with Gasteiger partial charge in [0.05, 0.1) is 13.1 Å². The van der Waals surface area contributed by atoms with E-state index in [-0.39, 0.29) is 6.54 Å². The van der Waals surface area contributed by atoms with Gasteiger partial charge in [0.2, 0.25) is 0 Å². The summed E-state index contributed by atoms with van der Waals surface area (Å²) in [5, 5.41) is 21.0. The highest BCUT2D eigenvalue weighted by atomic mass is 16.5. The maximum atomic E-state index is 8.58. The predicted molar refractivity (Wildman–Crippen MR) is 41.5 cm³/mol. The van der Waals surface area contributed by atoms with Crippen molar-refractivity contribution in [3.63, 3.8) is 0 Å². The van der Waals surface area contributed by atoms with Crippen molar-refractivity contribution in [1.82, 2.24) is 14.8 Å². The molecule has 0 radical (unpaired) electrons. The van der Waals surface area contributed by atoms with E-state index in [1.165, 1.54) is 11.0 Å². The SMILES string of the molecule is C=NCc1ncn(CC(O)O)n1. The minimum Gasteiger partial charge on any atom is -0.367 e. The van der Waals surface area contributed by atoms with Crippen LogP contribution in [0.25, 0.3) is 0 Å². The second-order valence-corrected chi connectivity index (χ2v) is 2.25. The summed E-state index contributed by atoms with van der Waals surface area (Å²) in [6.45, 7) is 3.65. The molecule has 0 aliphatic heterocycles. The maximum Gasteiger partial charge on any atom is 0.171 e. The van der Waals surface area contributed by atoms with Crippen LogP contribution in [-0.4, -0.2) is 38.0 Å². The fourth-order valence-electron chi connectivity index (χ4n) is 0.761. The number of aromatic nitrogens is 3. The number of aliphatic hydroxyl groups is 2. The van der Waals surface area contributed by atoms with E-state index in [1.807, 2.05) is 0 Å². The topological polar surface area (TPSA) is 83.5 Å². The summed E-state index contributed by atoms with van der Waals surface area (Å²) in [6.07, 6.45) is 0.0104. The van der Waals surface area contributed by atoms with E-state index in [2.05, 4.69) is 21.8 Å². The zero-order valence-corrected chi connectivity index (χ0v) is 6.46. The Labute approximate surface area is 69.2 Å². The summed E-state index contributed by atoms with van der Waals surface area (Å²) < 4.78 is 1.34. The lowest BCUT2D eigenvalue weighted by molar-refractivity contribution is -0.0535. The van der Waals surface area contributed by atoms with Crippen LogP contribution in [0.4, 0.5) is 0 Å². The Hall–Kier alpha value is -1.27. The number of nitrogens with zero attached hydrogens (tertiary/aromatic N) is 4. The largest absolute Gasteiger partial charge is 0.367 e. The third-order valence-electron chi connectivity index (χ3n) is 1.19. The van der Waals surface area contributed by atoms with Crippen LogP contribution < -0.4 is 0 Å². The van der Waals surface area contributed by atoms with E-state index in [0.29, 0.717) is 12.4 Å². The van der Waals surface area contributed by atoms with E-state index in [4.69, 9.17) is 10.2 Å². The van der Waals surface area contributed by atoms with Crippen molar-refractivity contribution in [1.29, 1.82) is 0 Å². The van der Waals surface area contributed by atoms with Crippen molar-refractivity contribution < 1.29 is 10.2 Å². The fraction of sp³-hybridized carbons (Fsp3) is 0.500. The molecule has 1 aromatic rings. The number of aliphatic hydroxyl groups excluding tert-OH is 1. The molecular weight excluding hydrogens is 160 g/mol. The number of hydrogen-bond acceptors (Lipinski definition) is 5. The second kappa shape index (κ2) is 3.93. The Bertz CT molecular complexity index is 258. The molecule has 12 heavy (non-hydrogen) atoms. The molecule has 0 unspecified atom stereocenters. The molecule has 1 aromatic heterocycles. The van der Waals surface area contributed by atoms with Gasteiger partial charge in [-0.2, -0.15) is 5.10 Å². The Balaban J connectivity index is 2.57. The number of aliphatic imine (C=N–C) groups is 1.